The molecule has 0 spiro atoms. The summed E-state index contributed by atoms with van der Waals surface area (Å²) in [7, 11) is 4.31. The Kier molecular flexibility index (Phi) is 7.61. The summed E-state index contributed by atoms with van der Waals surface area (Å²) in [6, 6.07) is 17.6. The summed E-state index contributed by atoms with van der Waals surface area (Å²) in [5.74, 6) is 0. The lowest BCUT2D eigenvalue weighted by Crippen LogP contribution is -2.24. The lowest BCUT2D eigenvalue weighted by atomic mass is 10.1. The molecule has 2 aromatic heterocycles. The van der Waals surface area contributed by atoms with Gasteiger partial charge in [-0.05, 0) is 63.3 Å². The van der Waals surface area contributed by atoms with Gasteiger partial charge >= 0.3 is 0 Å². The average molecular weight is 457 g/mol. The number of rotatable bonds is 10. The molecule has 0 saturated heterocycles. The molecule has 0 bridgehead atoms. The summed E-state index contributed by atoms with van der Waals surface area (Å²) in [6.07, 6.45) is 11.0. The minimum Gasteiger partial charge on any atom is -0.296 e. The zero-order chi connectivity index (χ0) is 23.9. The first-order chi connectivity index (χ1) is 16.5. The minimum atomic E-state index is 0.314. The quantitative estimate of drug-likeness (QED) is 0.335. The Balaban J connectivity index is 1.25. The molecule has 4 aromatic rings. The van der Waals surface area contributed by atoms with Crippen LogP contribution in [0, 0.1) is 0 Å². The van der Waals surface area contributed by atoms with E-state index in [0.717, 1.165) is 24.5 Å². The Morgan fingerprint density at radius 2 is 1.06 bits per heavy atom. The summed E-state index contributed by atoms with van der Waals surface area (Å²) < 4.78 is 3.54. The van der Waals surface area contributed by atoms with E-state index >= 15 is 0 Å². The summed E-state index contributed by atoms with van der Waals surface area (Å²) in [5, 5.41) is 8.36. The van der Waals surface area contributed by atoms with Crippen molar-refractivity contribution in [3.05, 3.63) is 97.1 Å². The monoisotopic (exact) mass is 456 g/mol. The van der Waals surface area contributed by atoms with E-state index in [0.29, 0.717) is 12.1 Å². The molecule has 8 nitrogen and oxygen atoms in total. The molecule has 2 heterocycles. The Morgan fingerprint density at radius 3 is 1.38 bits per heavy atom. The predicted octanol–water partition coefficient (Wildman–Crippen LogP) is 4.09. The van der Waals surface area contributed by atoms with E-state index in [4.69, 9.17) is 0 Å². The molecule has 34 heavy (non-hydrogen) atoms. The van der Waals surface area contributed by atoms with Gasteiger partial charge in [0.15, 0.2) is 0 Å². The predicted molar refractivity (Wildman–Crippen MR) is 134 cm³/mol. The zero-order valence-electron chi connectivity index (χ0n) is 20.2. The normalized spacial score (nSPS) is 13.7. The SMILES string of the molecule is CC(c1ccc(-n2cncn2)cc1)N(C)C/C=C/CN(C)C(C)c1ccc(-n2cncn2)cc1. The van der Waals surface area contributed by atoms with Crippen molar-refractivity contribution in [2.24, 2.45) is 0 Å². The van der Waals surface area contributed by atoms with Gasteiger partial charge in [0.1, 0.15) is 25.3 Å². The maximum atomic E-state index is 4.18. The fourth-order valence-corrected chi connectivity index (χ4v) is 3.80. The lowest BCUT2D eigenvalue weighted by Gasteiger charge is -2.25. The largest absolute Gasteiger partial charge is 0.296 e. The second kappa shape index (κ2) is 11.0. The summed E-state index contributed by atoms with van der Waals surface area (Å²) in [5.41, 5.74) is 4.59. The van der Waals surface area contributed by atoms with E-state index < -0.39 is 0 Å². The van der Waals surface area contributed by atoms with Gasteiger partial charge in [0.2, 0.25) is 0 Å². The van der Waals surface area contributed by atoms with Gasteiger partial charge in [0.25, 0.3) is 0 Å². The number of aromatic nitrogens is 6. The standard InChI is InChI=1S/C26H32N8/c1-21(23-7-11-25(12-8-23)33-19-27-17-29-33)31(3)15-5-6-16-32(4)22(2)24-9-13-26(14-10-24)34-20-28-18-30-34/h5-14,17-22H,15-16H2,1-4H3/b6-5+. The van der Waals surface area contributed by atoms with Crippen molar-refractivity contribution in [2.75, 3.05) is 27.2 Å². The van der Waals surface area contributed by atoms with Crippen LogP contribution < -0.4 is 0 Å². The van der Waals surface area contributed by atoms with Gasteiger partial charge in [-0.25, -0.2) is 19.3 Å². The molecule has 0 fully saturated rings. The van der Waals surface area contributed by atoms with E-state index in [1.807, 2.05) is 0 Å². The Labute approximate surface area is 201 Å². The van der Waals surface area contributed by atoms with E-state index in [-0.39, 0.29) is 0 Å². The van der Waals surface area contributed by atoms with Crippen molar-refractivity contribution in [3.63, 3.8) is 0 Å². The highest BCUT2D eigenvalue weighted by atomic mass is 15.3. The third-order valence-corrected chi connectivity index (χ3v) is 6.39. The maximum Gasteiger partial charge on any atom is 0.138 e. The van der Waals surface area contributed by atoms with Crippen LogP contribution >= 0.6 is 0 Å². The van der Waals surface area contributed by atoms with Gasteiger partial charge in [0, 0.05) is 25.2 Å². The van der Waals surface area contributed by atoms with E-state index in [9.17, 15) is 0 Å². The summed E-state index contributed by atoms with van der Waals surface area (Å²) in [6.45, 7) is 6.24. The van der Waals surface area contributed by atoms with Gasteiger partial charge in [-0.3, -0.25) is 9.80 Å². The first kappa shape index (κ1) is 23.5. The van der Waals surface area contributed by atoms with Crippen LogP contribution in [0.2, 0.25) is 0 Å². The molecular formula is C26H32N8. The molecule has 2 atom stereocenters. The van der Waals surface area contributed by atoms with Crippen molar-refractivity contribution in [1.29, 1.82) is 0 Å². The minimum absolute atomic E-state index is 0.314. The number of likely N-dealkylation sites (N-methyl/N-ethyl adjacent to an activating group) is 2. The van der Waals surface area contributed by atoms with Crippen molar-refractivity contribution in [1.82, 2.24) is 39.3 Å². The number of hydrogen-bond donors (Lipinski definition) is 0. The van der Waals surface area contributed by atoms with Crippen LogP contribution in [0.5, 0.6) is 0 Å². The van der Waals surface area contributed by atoms with Crippen molar-refractivity contribution in [3.8, 4) is 11.4 Å². The van der Waals surface area contributed by atoms with Crippen LogP contribution in [-0.2, 0) is 0 Å². The van der Waals surface area contributed by atoms with Crippen LogP contribution in [0.25, 0.3) is 11.4 Å². The van der Waals surface area contributed by atoms with Crippen LogP contribution in [0.1, 0.15) is 37.1 Å². The summed E-state index contributed by atoms with van der Waals surface area (Å²) in [4.78, 5) is 12.7. The van der Waals surface area contributed by atoms with Crippen molar-refractivity contribution < 1.29 is 0 Å². The molecule has 0 aliphatic heterocycles. The van der Waals surface area contributed by atoms with Crippen LogP contribution in [0.15, 0.2) is 86.0 Å². The van der Waals surface area contributed by atoms with Gasteiger partial charge < -0.3 is 0 Å². The third-order valence-electron chi connectivity index (χ3n) is 6.39. The van der Waals surface area contributed by atoms with E-state index in [1.54, 1.807) is 34.7 Å². The molecule has 0 N–H and O–H groups in total. The molecule has 0 radical (unpaired) electrons. The molecule has 176 valence electrons. The van der Waals surface area contributed by atoms with Crippen molar-refractivity contribution >= 4 is 0 Å². The van der Waals surface area contributed by atoms with Gasteiger partial charge in [-0.2, -0.15) is 10.2 Å². The summed E-state index contributed by atoms with van der Waals surface area (Å²) >= 11 is 0. The first-order valence-electron chi connectivity index (χ1n) is 11.5. The fourth-order valence-electron chi connectivity index (χ4n) is 3.80. The molecule has 0 amide bonds. The zero-order valence-corrected chi connectivity index (χ0v) is 20.2. The fraction of sp³-hybridized carbons (Fsp3) is 0.308. The molecule has 0 aliphatic carbocycles. The Hall–Kier alpha value is -3.62. The van der Waals surface area contributed by atoms with Crippen LogP contribution in [-0.4, -0.2) is 66.5 Å². The Morgan fingerprint density at radius 1 is 0.676 bits per heavy atom. The van der Waals surface area contributed by atoms with Crippen molar-refractivity contribution in [2.45, 2.75) is 25.9 Å². The molecule has 8 heteroatoms. The highest BCUT2D eigenvalue weighted by molar-refractivity contribution is 5.35. The number of hydrogen-bond acceptors (Lipinski definition) is 6. The molecule has 0 aliphatic rings. The van der Waals surface area contributed by atoms with Crippen LogP contribution in [0.3, 0.4) is 0 Å². The first-order valence-corrected chi connectivity index (χ1v) is 11.5. The molecule has 4 rings (SSSR count). The number of benzene rings is 2. The highest BCUT2D eigenvalue weighted by Crippen LogP contribution is 2.21. The maximum absolute atomic E-state index is 4.18. The second-order valence-electron chi connectivity index (χ2n) is 8.57. The highest BCUT2D eigenvalue weighted by Gasteiger charge is 2.12. The van der Waals surface area contributed by atoms with E-state index in [1.165, 1.54) is 11.1 Å². The van der Waals surface area contributed by atoms with Gasteiger partial charge in [-0.1, -0.05) is 36.4 Å². The average Bonchev–Trinajstić information content (AvgIpc) is 3.60. The van der Waals surface area contributed by atoms with Gasteiger partial charge in [-0.15, -0.1) is 0 Å². The molecule has 0 saturated carbocycles. The third kappa shape index (κ3) is 5.65. The lowest BCUT2D eigenvalue weighted by molar-refractivity contribution is 0.282. The Bertz CT molecular complexity index is 1060. The molecular weight excluding hydrogens is 424 g/mol. The van der Waals surface area contributed by atoms with Gasteiger partial charge in [0.05, 0.1) is 11.4 Å². The van der Waals surface area contributed by atoms with E-state index in [2.05, 4.69) is 119 Å². The smallest absolute Gasteiger partial charge is 0.138 e. The molecule has 2 unspecified atom stereocenters. The van der Waals surface area contributed by atoms with Crippen LogP contribution in [0.4, 0.5) is 0 Å². The number of nitrogens with zero attached hydrogens (tertiary/aromatic N) is 8. The second-order valence-corrected chi connectivity index (χ2v) is 8.57. The topological polar surface area (TPSA) is 67.9 Å². The molecule has 2 aromatic carbocycles.